The van der Waals surface area contributed by atoms with E-state index in [1.165, 1.54) is 12.2 Å². The number of nitrogens with one attached hydrogen (secondary N) is 1. The second-order valence-corrected chi connectivity index (χ2v) is 5.05. The molecule has 1 unspecified atom stereocenters. The number of para-hydroxylation sites is 1. The van der Waals surface area contributed by atoms with E-state index >= 15 is 0 Å². The van der Waals surface area contributed by atoms with Gasteiger partial charge in [0.2, 0.25) is 0 Å². The van der Waals surface area contributed by atoms with Gasteiger partial charge in [0.15, 0.2) is 6.10 Å². The van der Waals surface area contributed by atoms with Gasteiger partial charge in [0.05, 0.1) is 0 Å². The highest BCUT2D eigenvalue weighted by Gasteiger charge is 2.24. The van der Waals surface area contributed by atoms with Crippen LogP contribution in [-0.2, 0) is 20.7 Å². The molecule has 126 valence electrons. The van der Waals surface area contributed by atoms with Crippen LogP contribution in [0.5, 0.6) is 0 Å². The van der Waals surface area contributed by atoms with Crippen molar-refractivity contribution in [1.29, 1.82) is 0 Å². The predicted octanol–water partition coefficient (Wildman–Crippen LogP) is 2.14. The number of aliphatic hydroxyl groups is 1. The van der Waals surface area contributed by atoms with Gasteiger partial charge in [0, 0.05) is 17.3 Å². The van der Waals surface area contributed by atoms with Crippen molar-refractivity contribution in [1.82, 2.24) is 4.98 Å². The zero-order valence-electron chi connectivity index (χ0n) is 13.2. The zero-order chi connectivity index (χ0) is 17.5. The van der Waals surface area contributed by atoms with Gasteiger partial charge >= 0.3 is 11.9 Å². The summed E-state index contributed by atoms with van der Waals surface area (Å²) >= 11 is 0. The summed E-state index contributed by atoms with van der Waals surface area (Å²) < 4.78 is 9.89. The number of hydrogen-bond acceptors (Lipinski definition) is 5. The van der Waals surface area contributed by atoms with E-state index in [1.54, 1.807) is 18.2 Å². The lowest BCUT2D eigenvalue weighted by Gasteiger charge is -2.10. The average molecular weight is 329 g/mol. The number of carbonyl (C=O) groups is 2. The minimum atomic E-state index is -1.39. The lowest BCUT2D eigenvalue weighted by Crippen LogP contribution is -2.26. The lowest BCUT2D eigenvalue weighted by atomic mass is 10.0. The van der Waals surface area contributed by atoms with Gasteiger partial charge in [-0.25, -0.2) is 9.59 Å². The summed E-state index contributed by atoms with van der Waals surface area (Å²) in [6.45, 7) is 7.02. The molecular weight excluding hydrogens is 310 g/mol. The van der Waals surface area contributed by atoms with E-state index in [4.69, 9.17) is 9.47 Å². The number of esters is 2. The minimum Gasteiger partial charge on any atom is -0.460 e. The summed E-state index contributed by atoms with van der Waals surface area (Å²) in [5, 5.41) is 10.8. The van der Waals surface area contributed by atoms with Gasteiger partial charge in [-0.3, -0.25) is 0 Å². The van der Waals surface area contributed by atoms with Crippen LogP contribution in [0.2, 0.25) is 0 Å². The van der Waals surface area contributed by atoms with Crippen LogP contribution in [0.15, 0.2) is 49.6 Å². The Labute approximate surface area is 139 Å². The molecule has 1 aromatic heterocycles. The van der Waals surface area contributed by atoms with Crippen LogP contribution in [0.4, 0.5) is 0 Å². The molecule has 2 N–H and O–H groups in total. The normalized spacial score (nSPS) is 11.7. The molecule has 1 aromatic carbocycles. The Morgan fingerprint density at radius 3 is 2.54 bits per heavy atom. The number of aliphatic hydroxyl groups excluding tert-OH is 1. The number of ether oxygens (including phenoxy) is 2. The third-order valence-corrected chi connectivity index (χ3v) is 3.36. The first kappa shape index (κ1) is 17.5. The van der Waals surface area contributed by atoms with Crippen LogP contribution in [-0.4, -0.2) is 41.3 Å². The van der Waals surface area contributed by atoms with E-state index in [0.29, 0.717) is 11.1 Å². The quantitative estimate of drug-likeness (QED) is 0.572. The molecule has 2 aromatic rings. The van der Waals surface area contributed by atoms with E-state index in [1.807, 2.05) is 6.07 Å². The van der Waals surface area contributed by atoms with Crippen LogP contribution in [0.25, 0.3) is 10.9 Å². The fourth-order valence-electron chi connectivity index (χ4n) is 2.31. The van der Waals surface area contributed by atoms with Gasteiger partial charge in [-0.1, -0.05) is 43.5 Å². The highest BCUT2D eigenvalue weighted by molar-refractivity contribution is 5.98. The molecule has 0 spiro atoms. The van der Waals surface area contributed by atoms with E-state index < -0.39 is 18.0 Å². The molecule has 2 rings (SSSR count). The van der Waals surface area contributed by atoms with E-state index in [0.717, 1.165) is 5.39 Å². The molecule has 6 heteroatoms. The number of H-pyrrole nitrogens is 1. The summed E-state index contributed by atoms with van der Waals surface area (Å²) in [5.41, 5.74) is 1.42. The summed E-state index contributed by atoms with van der Waals surface area (Å²) in [5.74, 6) is -1.35. The number of fused-ring (bicyclic) bond motifs is 1. The molecule has 0 aliphatic heterocycles. The van der Waals surface area contributed by atoms with Crippen molar-refractivity contribution < 1.29 is 24.2 Å². The molecule has 0 saturated heterocycles. The van der Waals surface area contributed by atoms with Crippen molar-refractivity contribution >= 4 is 22.8 Å². The van der Waals surface area contributed by atoms with Crippen LogP contribution in [0.1, 0.15) is 16.1 Å². The third-order valence-electron chi connectivity index (χ3n) is 3.36. The Morgan fingerprint density at radius 1 is 1.17 bits per heavy atom. The highest BCUT2D eigenvalue weighted by atomic mass is 16.5. The number of aromatic amines is 1. The first-order chi connectivity index (χ1) is 11.6. The molecule has 0 fully saturated rings. The van der Waals surface area contributed by atoms with E-state index in [2.05, 4.69) is 18.1 Å². The first-order valence-electron chi connectivity index (χ1n) is 7.41. The van der Waals surface area contributed by atoms with Gasteiger partial charge in [-0.2, -0.15) is 0 Å². The Bertz CT molecular complexity index is 762. The van der Waals surface area contributed by atoms with Crippen molar-refractivity contribution in [2.45, 2.75) is 12.5 Å². The molecule has 0 saturated carbocycles. The zero-order valence-corrected chi connectivity index (χ0v) is 13.2. The van der Waals surface area contributed by atoms with E-state index in [-0.39, 0.29) is 25.3 Å². The Morgan fingerprint density at radius 2 is 1.83 bits per heavy atom. The maximum atomic E-state index is 12.2. The molecular formula is C18H19NO5. The van der Waals surface area contributed by atoms with Crippen molar-refractivity contribution in [3.05, 3.63) is 60.8 Å². The summed E-state index contributed by atoms with van der Waals surface area (Å²) in [4.78, 5) is 26.9. The molecule has 0 aliphatic rings. The topological polar surface area (TPSA) is 88.6 Å². The minimum absolute atomic E-state index is 0.0119. The van der Waals surface area contributed by atoms with Gasteiger partial charge in [-0.05, 0) is 11.6 Å². The molecule has 0 amide bonds. The molecule has 0 aliphatic carbocycles. The fourth-order valence-corrected chi connectivity index (χ4v) is 2.31. The van der Waals surface area contributed by atoms with Crippen LogP contribution in [0, 0.1) is 0 Å². The molecule has 24 heavy (non-hydrogen) atoms. The van der Waals surface area contributed by atoms with Gasteiger partial charge in [0.1, 0.15) is 18.9 Å². The number of hydrogen-bond donors (Lipinski definition) is 2. The third kappa shape index (κ3) is 3.91. The summed E-state index contributed by atoms with van der Waals surface area (Å²) in [6.07, 6.45) is 1.41. The molecule has 1 heterocycles. The standard InChI is InChI=1S/C18H19NO5/c1-3-9-23-17(21)15(20)11-13-12-7-5-6-8-14(12)19-16(13)18(22)24-10-4-2/h3-8,15,19-20H,1-2,9-11H2. The number of rotatable bonds is 8. The van der Waals surface area contributed by atoms with Gasteiger partial charge in [0.25, 0.3) is 0 Å². The van der Waals surface area contributed by atoms with Crippen molar-refractivity contribution in [2.75, 3.05) is 13.2 Å². The van der Waals surface area contributed by atoms with Crippen molar-refractivity contribution in [2.24, 2.45) is 0 Å². The van der Waals surface area contributed by atoms with Gasteiger partial charge < -0.3 is 19.6 Å². The highest BCUT2D eigenvalue weighted by Crippen LogP contribution is 2.24. The second kappa shape index (κ2) is 8.12. The Hall–Kier alpha value is -2.86. The molecule has 6 nitrogen and oxygen atoms in total. The maximum Gasteiger partial charge on any atom is 0.355 e. The van der Waals surface area contributed by atoms with Gasteiger partial charge in [-0.15, -0.1) is 0 Å². The number of benzene rings is 1. The Balaban J connectivity index is 2.32. The molecule has 0 bridgehead atoms. The average Bonchev–Trinajstić information content (AvgIpc) is 2.96. The van der Waals surface area contributed by atoms with Crippen molar-refractivity contribution in [3.8, 4) is 0 Å². The maximum absolute atomic E-state index is 12.2. The smallest absolute Gasteiger partial charge is 0.355 e. The van der Waals surface area contributed by atoms with Crippen LogP contribution < -0.4 is 0 Å². The Kier molecular flexibility index (Phi) is 5.92. The first-order valence-corrected chi connectivity index (χ1v) is 7.41. The predicted molar refractivity (Wildman–Crippen MR) is 89.6 cm³/mol. The van der Waals surface area contributed by atoms with Crippen molar-refractivity contribution in [3.63, 3.8) is 0 Å². The number of aromatic nitrogens is 1. The lowest BCUT2D eigenvalue weighted by molar-refractivity contribution is -0.152. The number of carbonyl (C=O) groups excluding carboxylic acids is 2. The SMILES string of the molecule is C=CCOC(=O)c1[nH]c2ccccc2c1CC(O)C(=O)OCC=C. The summed E-state index contributed by atoms with van der Waals surface area (Å²) in [7, 11) is 0. The second-order valence-electron chi connectivity index (χ2n) is 5.05. The largest absolute Gasteiger partial charge is 0.460 e. The van der Waals surface area contributed by atoms with Crippen LogP contribution >= 0.6 is 0 Å². The fraction of sp³-hybridized carbons (Fsp3) is 0.222. The molecule has 0 radical (unpaired) electrons. The summed E-state index contributed by atoms with van der Waals surface area (Å²) in [6, 6.07) is 7.22. The van der Waals surface area contributed by atoms with E-state index in [9.17, 15) is 14.7 Å². The monoisotopic (exact) mass is 329 g/mol. The van der Waals surface area contributed by atoms with Crippen LogP contribution in [0.3, 0.4) is 0 Å². The molecule has 1 atom stereocenters.